The van der Waals surface area contributed by atoms with Crippen molar-refractivity contribution in [3.63, 3.8) is 0 Å². The van der Waals surface area contributed by atoms with E-state index < -0.39 is 0 Å². The van der Waals surface area contributed by atoms with Gasteiger partial charge in [0.25, 0.3) is 0 Å². The highest BCUT2D eigenvalue weighted by Gasteiger charge is 2.12. The molecular formula is C17H18N2O. The summed E-state index contributed by atoms with van der Waals surface area (Å²) in [5.41, 5.74) is 4.48. The third-order valence-corrected chi connectivity index (χ3v) is 3.37. The Morgan fingerprint density at radius 3 is 2.45 bits per heavy atom. The Labute approximate surface area is 118 Å². The van der Waals surface area contributed by atoms with Crippen molar-refractivity contribution < 1.29 is 4.74 Å². The number of nitrogens with one attached hydrogen (secondary N) is 1. The molecule has 0 saturated carbocycles. The summed E-state index contributed by atoms with van der Waals surface area (Å²) in [5.74, 6) is 1.71. The van der Waals surface area contributed by atoms with Gasteiger partial charge >= 0.3 is 0 Å². The van der Waals surface area contributed by atoms with E-state index in [0.717, 1.165) is 22.6 Å². The topological polar surface area (TPSA) is 37.9 Å². The molecule has 0 bridgehead atoms. The summed E-state index contributed by atoms with van der Waals surface area (Å²) in [6, 6.07) is 14.3. The molecule has 0 aliphatic heterocycles. The number of aryl methyl sites for hydroxylation is 2. The smallest absolute Gasteiger partial charge is 0.153 e. The summed E-state index contributed by atoms with van der Waals surface area (Å²) in [4.78, 5) is 7.92. The number of benzene rings is 2. The molecule has 0 spiro atoms. The van der Waals surface area contributed by atoms with Crippen molar-refractivity contribution >= 4 is 11.0 Å². The molecule has 0 aliphatic carbocycles. The van der Waals surface area contributed by atoms with E-state index in [1.54, 1.807) is 0 Å². The van der Waals surface area contributed by atoms with Gasteiger partial charge in [-0.2, -0.15) is 0 Å². The molecule has 0 saturated heterocycles. The molecule has 1 atom stereocenters. The van der Waals surface area contributed by atoms with Gasteiger partial charge in [-0.25, -0.2) is 4.98 Å². The van der Waals surface area contributed by atoms with Gasteiger partial charge in [-0.15, -0.1) is 0 Å². The van der Waals surface area contributed by atoms with Gasteiger partial charge in [0.05, 0.1) is 11.0 Å². The Bertz CT molecular complexity index is 728. The second-order valence-corrected chi connectivity index (χ2v) is 5.22. The number of H-pyrrole nitrogens is 1. The van der Waals surface area contributed by atoms with Gasteiger partial charge in [-0.3, -0.25) is 0 Å². The Kier molecular flexibility index (Phi) is 3.18. The summed E-state index contributed by atoms with van der Waals surface area (Å²) < 4.78 is 5.92. The van der Waals surface area contributed by atoms with Crippen LogP contribution in [0, 0.1) is 13.8 Å². The van der Waals surface area contributed by atoms with Crippen molar-refractivity contribution in [1.82, 2.24) is 9.97 Å². The summed E-state index contributed by atoms with van der Waals surface area (Å²) in [5, 5.41) is 0. The fraction of sp³-hybridized carbons (Fsp3) is 0.235. The minimum Gasteiger partial charge on any atom is -0.483 e. The molecular weight excluding hydrogens is 248 g/mol. The first-order valence-corrected chi connectivity index (χ1v) is 6.81. The quantitative estimate of drug-likeness (QED) is 0.766. The zero-order chi connectivity index (χ0) is 14.1. The van der Waals surface area contributed by atoms with Crippen molar-refractivity contribution in [1.29, 1.82) is 0 Å². The first-order valence-electron chi connectivity index (χ1n) is 6.81. The number of ether oxygens (including phenoxy) is 1. The molecule has 2 aromatic carbocycles. The zero-order valence-corrected chi connectivity index (χ0v) is 12.0. The molecule has 0 fully saturated rings. The van der Waals surface area contributed by atoms with E-state index in [4.69, 9.17) is 4.74 Å². The predicted octanol–water partition coefficient (Wildman–Crippen LogP) is 4.32. The maximum Gasteiger partial charge on any atom is 0.153 e. The third-order valence-electron chi connectivity index (χ3n) is 3.37. The molecule has 102 valence electrons. The highest BCUT2D eigenvalue weighted by Crippen LogP contribution is 2.22. The average Bonchev–Trinajstić information content (AvgIpc) is 2.84. The predicted molar refractivity (Wildman–Crippen MR) is 81.1 cm³/mol. The number of nitrogens with zero attached hydrogens (tertiary/aromatic N) is 1. The largest absolute Gasteiger partial charge is 0.483 e. The maximum absolute atomic E-state index is 5.92. The summed E-state index contributed by atoms with van der Waals surface area (Å²) in [6.07, 6.45) is -0.106. The molecule has 1 unspecified atom stereocenters. The minimum absolute atomic E-state index is 0.106. The van der Waals surface area contributed by atoms with Crippen molar-refractivity contribution in [3.05, 3.63) is 59.4 Å². The lowest BCUT2D eigenvalue weighted by Crippen LogP contribution is -2.04. The van der Waals surface area contributed by atoms with Crippen LogP contribution in [0.4, 0.5) is 0 Å². The van der Waals surface area contributed by atoms with Crippen LogP contribution in [-0.4, -0.2) is 9.97 Å². The average molecular weight is 266 g/mol. The lowest BCUT2D eigenvalue weighted by atomic mass is 10.2. The van der Waals surface area contributed by atoms with Crippen LogP contribution >= 0.6 is 0 Å². The van der Waals surface area contributed by atoms with Crippen LogP contribution in [0.5, 0.6) is 5.75 Å². The Morgan fingerprint density at radius 2 is 1.70 bits per heavy atom. The second kappa shape index (κ2) is 5.00. The summed E-state index contributed by atoms with van der Waals surface area (Å²) >= 11 is 0. The number of aromatic nitrogens is 2. The first kappa shape index (κ1) is 12.7. The number of hydrogen-bond donors (Lipinski definition) is 1. The molecule has 1 heterocycles. The molecule has 3 heteroatoms. The zero-order valence-electron chi connectivity index (χ0n) is 12.0. The fourth-order valence-electron chi connectivity index (χ4n) is 2.21. The van der Waals surface area contributed by atoms with E-state index in [1.807, 2.05) is 37.3 Å². The van der Waals surface area contributed by atoms with Crippen LogP contribution < -0.4 is 4.74 Å². The van der Waals surface area contributed by atoms with Gasteiger partial charge in [-0.1, -0.05) is 23.8 Å². The highest BCUT2D eigenvalue weighted by molar-refractivity contribution is 5.75. The number of fused-ring (bicyclic) bond motifs is 1. The first-order chi connectivity index (χ1) is 9.61. The number of rotatable bonds is 3. The lowest BCUT2D eigenvalue weighted by Gasteiger charge is -2.12. The van der Waals surface area contributed by atoms with Gasteiger partial charge in [0.15, 0.2) is 6.10 Å². The lowest BCUT2D eigenvalue weighted by molar-refractivity contribution is 0.218. The van der Waals surface area contributed by atoms with Gasteiger partial charge in [0.2, 0.25) is 0 Å². The molecule has 3 nitrogen and oxygen atoms in total. The normalized spacial score (nSPS) is 12.6. The van der Waals surface area contributed by atoms with Crippen molar-refractivity contribution in [2.24, 2.45) is 0 Å². The van der Waals surface area contributed by atoms with Gasteiger partial charge < -0.3 is 9.72 Å². The van der Waals surface area contributed by atoms with E-state index in [0.29, 0.717) is 0 Å². The second-order valence-electron chi connectivity index (χ2n) is 5.22. The van der Waals surface area contributed by atoms with Crippen LogP contribution in [-0.2, 0) is 0 Å². The Hall–Kier alpha value is -2.29. The van der Waals surface area contributed by atoms with Crippen LogP contribution in [0.15, 0.2) is 42.5 Å². The number of hydrogen-bond acceptors (Lipinski definition) is 2. The molecule has 0 radical (unpaired) electrons. The molecule has 0 amide bonds. The van der Waals surface area contributed by atoms with Gasteiger partial charge in [0, 0.05) is 0 Å². The summed E-state index contributed by atoms with van der Waals surface area (Å²) in [7, 11) is 0. The molecule has 0 aliphatic rings. The Balaban J connectivity index is 1.84. The van der Waals surface area contributed by atoms with Crippen LogP contribution in [0.25, 0.3) is 11.0 Å². The SMILES string of the molecule is Cc1ccc(OC(C)c2nc3ccc(C)cc3[nH]2)cc1. The van der Waals surface area contributed by atoms with E-state index in [-0.39, 0.29) is 6.10 Å². The van der Waals surface area contributed by atoms with Crippen LogP contribution in [0.2, 0.25) is 0 Å². The van der Waals surface area contributed by atoms with Crippen LogP contribution in [0.1, 0.15) is 30.0 Å². The molecule has 20 heavy (non-hydrogen) atoms. The molecule has 1 aromatic heterocycles. The van der Waals surface area contributed by atoms with E-state index in [1.165, 1.54) is 11.1 Å². The minimum atomic E-state index is -0.106. The highest BCUT2D eigenvalue weighted by atomic mass is 16.5. The van der Waals surface area contributed by atoms with Crippen molar-refractivity contribution in [2.45, 2.75) is 26.9 Å². The van der Waals surface area contributed by atoms with Gasteiger partial charge in [-0.05, 0) is 50.6 Å². The summed E-state index contributed by atoms with van der Waals surface area (Å²) in [6.45, 7) is 6.14. The van der Waals surface area contributed by atoms with E-state index >= 15 is 0 Å². The third kappa shape index (κ3) is 2.52. The Morgan fingerprint density at radius 1 is 1.00 bits per heavy atom. The van der Waals surface area contributed by atoms with Gasteiger partial charge in [0.1, 0.15) is 11.6 Å². The number of imidazole rings is 1. The van der Waals surface area contributed by atoms with E-state index in [9.17, 15) is 0 Å². The standard InChI is InChI=1S/C17H18N2O/c1-11-4-7-14(8-5-11)20-13(3)17-18-15-9-6-12(2)10-16(15)19-17/h4-10,13H,1-3H3,(H,18,19). The molecule has 3 aromatic rings. The fourth-order valence-corrected chi connectivity index (χ4v) is 2.21. The van der Waals surface area contributed by atoms with Crippen LogP contribution in [0.3, 0.4) is 0 Å². The van der Waals surface area contributed by atoms with E-state index in [2.05, 4.69) is 35.9 Å². The molecule has 1 N–H and O–H groups in total. The monoisotopic (exact) mass is 266 g/mol. The van der Waals surface area contributed by atoms with Crippen molar-refractivity contribution in [2.75, 3.05) is 0 Å². The molecule has 3 rings (SSSR count). The number of aromatic amines is 1. The maximum atomic E-state index is 5.92. The van der Waals surface area contributed by atoms with Crippen molar-refractivity contribution in [3.8, 4) is 5.75 Å².